The minimum Gasteiger partial charge on any atom is -0.484 e. The summed E-state index contributed by atoms with van der Waals surface area (Å²) in [5.41, 5.74) is 6.01. The van der Waals surface area contributed by atoms with Gasteiger partial charge in [0.1, 0.15) is 11.6 Å². The number of rotatable bonds is 6. The van der Waals surface area contributed by atoms with E-state index >= 15 is 0 Å². The van der Waals surface area contributed by atoms with E-state index in [9.17, 15) is 9.59 Å². The van der Waals surface area contributed by atoms with Crippen LogP contribution in [-0.2, 0) is 9.59 Å². The lowest BCUT2D eigenvalue weighted by molar-refractivity contribution is -0.122. The van der Waals surface area contributed by atoms with Crippen LogP contribution in [0.1, 0.15) is 12.8 Å². The molecule has 2 heterocycles. The van der Waals surface area contributed by atoms with E-state index in [0.717, 1.165) is 28.8 Å². The van der Waals surface area contributed by atoms with Gasteiger partial charge in [0, 0.05) is 16.7 Å². The van der Waals surface area contributed by atoms with Crippen molar-refractivity contribution in [2.24, 2.45) is 11.7 Å². The minimum atomic E-state index is -0.267. The molecule has 3 rings (SSSR count). The van der Waals surface area contributed by atoms with Gasteiger partial charge < -0.3 is 20.7 Å². The summed E-state index contributed by atoms with van der Waals surface area (Å²) >= 11 is 2.21. The van der Waals surface area contributed by atoms with Gasteiger partial charge in [-0.1, -0.05) is 0 Å². The first-order valence-electron chi connectivity index (χ1n) is 8.70. The number of carbonyl (C=O) groups is 2. The molecule has 1 aliphatic rings. The summed E-state index contributed by atoms with van der Waals surface area (Å²) in [7, 11) is 0. The number of amides is 2. The van der Waals surface area contributed by atoms with Crippen molar-refractivity contribution in [1.82, 2.24) is 4.98 Å². The molecule has 7 nitrogen and oxygen atoms in total. The number of ether oxygens (including phenoxy) is 1. The maximum absolute atomic E-state index is 12.0. The van der Waals surface area contributed by atoms with Crippen molar-refractivity contribution >= 4 is 45.9 Å². The van der Waals surface area contributed by atoms with Crippen LogP contribution < -0.4 is 20.7 Å². The average Bonchev–Trinajstić information content (AvgIpc) is 2.68. The molecule has 142 valence electrons. The van der Waals surface area contributed by atoms with E-state index in [1.807, 2.05) is 35.2 Å². The van der Waals surface area contributed by atoms with Crippen molar-refractivity contribution in [3.63, 3.8) is 0 Å². The lowest BCUT2D eigenvalue weighted by Crippen LogP contribution is -2.41. The number of nitrogens with zero attached hydrogens (tertiary/aromatic N) is 2. The third kappa shape index (κ3) is 5.56. The maximum Gasteiger partial charge on any atom is 0.262 e. The van der Waals surface area contributed by atoms with E-state index in [1.54, 1.807) is 12.3 Å². The number of pyridine rings is 1. The van der Waals surface area contributed by atoms with Crippen LogP contribution in [0.3, 0.4) is 0 Å². The van der Waals surface area contributed by atoms with Gasteiger partial charge in [-0.15, -0.1) is 0 Å². The Kier molecular flexibility index (Phi) is 6.49. The molecule has 2 aromatic rings. The molecular weight excluding hydrogens is 459 g/mol. The fraction of sp³-hybridized carbons (Fsp3) is 0.316. The Labute approximate surface area is 171 Å². The average molecular weight is 480 g/mol. The normalized spacial score (nSPS) is 16.6. The smallest absolute Gasteiger partial charge is 0.262 e. The third-order valence-corrected chi connectivity index (χ3v) is 5.08. The van der Waals surface area contributed by atoms with E-state index in [1.165, 1.54) is 0 Å². The molecule has 0 saturated carbocycles. The summed E-state index contributed by atoms with van der Waals surface area (Å²) in [4.78, 5) is 29.9. The second-order valence-corrected chi connectivity index (χ2v) is 7.63. The Morgan fingerprint density at radius 3 is 2.70 bits per heavy atom. The van der Waals surface area contributed by atoms with Crippen LogP contribution in [-0.4, -0.2) is 36.5 Å². The third-order valence-electron chi connectivity index (χ3n) is 4.36. The zero-order chi connectivity index (χ0) is 19.2. The Bertz CT molecular complexity index is 796. The number of piperidine rings is 1. The van der Waals surface area contributed by atoms with Crippen LogP contribution in [0.15, 0.2) is 42.6 Å². The van der Waals surface area contributed by atoms with Gasteiger partial charge in [0.25, 0.3) is 5.91 Å². The molecule has 1 fully saturated rings. The van der Waals surface area contributed by atoms with Crippen molar-refractivity contribution < 1.29 is 14.3 Å². The second-order valence-electron chi connectivity index (χ2n) is 6.38. The standard InChI is InChI=1S/C19H21IN4O3/c20-14-3-6-16(7-4-14)27-12-18(25)23-15-5-8-17(22-10-15)24-9-1-2-13(11-24)19(21)26/h3-8,10,13H,1-2,9,11-12H2,(H2,21,26)(H,23,25). The largest absolute Gasteiger partial charge is 0.484 e. The Balaban J connectivity index is 1.51. The summed E-state index contributed by atoms with van der Waals surface area (Å²) in [6.45, 7) is 1.35. The highest BCUT2D eigenvalue weighted by molar-refractivity contribution is 14.1. The van der Waals surface area contributed by atoms with E-state index < -0.39 is 0 Å². The molecule has 0 bridgehead atoms. The second kappa shape index (κ2) is 9.03. The first kappa shape index (κ1) is 19.4. The van der Waals surface area contributed by atoms with Gasteiger partial charge >= 0.3 is 0 Å². The summed E-state index contributed by atoms with van der Waals surface area (Å²) in [5, 5.41) is 2.76. The molecule has 1 aromatic heterocycles. The van der Waals surface area contributed by atoms with Gasteiger partial charge in [-0.2, -0.15) is 0 Å². The maximum atomic E-state index is 12.0. The fourth-order valence-electron chi connectivity index (χ4n) is 2.94. The first-order chi connectivity index (χ1) is 13.0. The van der Waals surface area contributed by atoms with E-state index in [4.69, 9.17) is 10.5 Å². The van der Waals surface area contributed by atoms with Gasteiger partial charge in [0.05, 0.1) is 17.8 Å². The molecule has 1 saturated heterocycles. The van der Waals surface area contributed by atoms with Gasteiger partial charge in [0.15, 0.2) is 6.61 Å². The number of carbonyl (C=O) groups excluding carboxylic acids is 2. The molecule has 1 atom stereocenters. The number of primary amides is 1. The van der Waals surface area contributed by atoms with Crippen LogP contribution in [0, 0.1) is 9.49 Å². The van der Waals surface area contributed by atoms with Crippen molar-refractivity contribution in [1.29, 1.82) is 0 Å². The van der Waals surface area contributed by atoms with Crippen molar-refractivity contribution in [3.8, 4) is 5.75 Å². The summed E-state index contributed by atoms with van der Waals surface area (Å²) < 4.78 is 6.56. The summed E-state index contributed by atoms with van der Waals surface area (Å²) in [6.07, 6.45) is 3.33. The molecule has 8 heteroatoms. The highest BCUT2D eigenvalue weighted by Gasteiger charge is 2.24. The molecule has 1 aromatic carbocycles. The predicted octanol–water partition coefficient (Wildman–Crippen LogP) is 2.41. The number of benzene rings is 1. The molecule has 0 spiro atoms. The number of nitrogens with two attached hydrogens (primary N) is 1. The zero-order valence-corrected chi connectivity index (χ0v) is 16.9. The molecule has 0 aliphatic carbocycles. The molecule has 2 amide bonds. The Hall–Kier alpha value is -2.36. The molecule has 27 heavy (non-hydrogen) atoms. The zero-order valence-electron chi connectivity index (χ0n) is 14.7. The molecule has 1 unspecified atom stereocenters. The molecule has 1 aliphatic heterocycles. The number of aromatic nitrogens is 1. The van der Waals surface area contributed by atoms with Crippen LogP contribution >= 0.6 is 22.6 Å². The van der Waals surface area contributed by atoms with E-state index in [0.29, 0.717) is 18.0 Å². The minimum absolute atomic E-state index is 0.0746. The van der Waals surface area contributed by atoms with Crippen molar-refractivity contribution in [3.05, 3.63) is 46.2 Å². The lowest BCUT2D eigenvalue weighted by Gasteiger charge is -2.32. The topological polar surface area (TPSA) is 97.6 Å². The number of hydrogen-bond donors (Lipinski definition) is 2. The monoisotopic (exact) mass is 480 g/mol. The van der Waals surface area contributed by atoms with Gasteiger partial charge in [-0.3, -0.25) is 9.59 Å². The molecular formula is C19H21IN4O3. The first-order valence-corrected chi connectivity index (χ1v) is 9.77. The molecule has 3 N–H and O–H groups in total. The summed E-state index contributed by atoms with van der Waals surface area (Å²) in [5.74, 6) is 0.757. The van der Waals surface area contributed by atoms with Crippen LogP contribution in [0.4, 0.5) is 11.5 Å². The number of anilines is 2. The fourth-order valence-corrected chi connectivity index (χ4v) is 3.30. The van der Waals surface area contributed by atoms with Crippen molar-refractivity contribution in [2.75, 3.05) is 29.9 Å². The highest BCUT2D eigenvalue weighted by atomic mass is 127. The van der Waals surface area contributed by atoms with Crippen LogP contribution in [0.5, 0.6) is 5.75 Å². The van der Waals surface area contributed by atoms with E-state index in [-0.39, 0.29) is 24.3 Å². The SMILES string of the molecule is NC(=O)C1CCCN(c2ccc(NC(=O)COc3ccc(I)cc3)cn2)C1. The van der Waals surface area contributed by atoms with Gasteiger partial charge in [0.2, 0.25) is 5.91 Å². The predicted molar refractivity (Wildman–Crippen MR) is 112 cm³/mol. The lowest BCUT2D eigenvalue weighted by atomic mass is 9.97. The van der Waals surface area contributed by atoms with Crippen LogP contribution in [0.2, 0.25) is 0 Å². The molecule has 0 radical (unpaired) electrons. The summed E-state index contributed by atoms with van der Waals surface area (Å²) in [6, 6.07) is 11.1. The quantitative estimate of drug-likeness (QED) is 0.620. The van der Waals surface area contributed by atoms with Crippen molar-refractivity contribution in [2.45, 2.75) is 12.8 Å². The number of nitrogens with one attached hydrogen (secondary N) is 1. The van der Waals surface area contributed by atoms with Gasteiger partial charge in [-0.25, -0.2) is 4.98 Å². The highest BCUT2D eigenvalue weighted by Crippen LogP contribution is 2.22. The van der Waals surface area contributed by atoms with E-state index in [2.05, 4.69) is 32.9 Å². The number of halogens is 1. The van der Waals surface area contributed by atoms with Gasteiger partial charge in [-0.05, 0) is 71.8 Å². The Morgan fingerprint density at radius 1 is 1.26 bits per heavy atom. The Morgan fingerprint density at radius 2 is 2.04 bits per heavy atom. The van der Waals surface area contributed by atoms with Crippen LogP contribution in [0.25, 0.3) is 0 Å². The number of hydrogen-bond acceptors (Lipinski definition) is 5.